The molecule has 0 saturated carbocycles. The second-order valence-corrected chi connectivity index (χ2v) is 9.05. The number of esters is 1. The number of hydrogen-bond acceptors (Lipinski definition) is 3. The van der Waals surface area contributed by atoms with Crippen molar-refractivity contribution in [2.45, 2.75) is 50.3 Å². The van der Waals surface area contributed by atoms with E-state index in [1.165, 1.54) is 0 Å². The number of aryl methyl sites for hydroxylation is 1. The molecular weight excluding hydrogens is 358 g/mol. The Morgan fingerprint density at radius 2 is 1.70 bits per heavy atom. The van der Waals surface area contributed by atoms with Gasteiger partial charge in [-0.3, -0.25) is 4.79 Å². The Balaban J connectivity index is 1.81. The van der Waals surface area contributed by atoms with Crippen molar-refractivity contribution in [2.75, 3.05) is 0 Å². The van der Waals surface area contributed by atoms with Crippen LogP contribution in [0.4, 0.5) is 0 Å². The molecule has 1 saturated heterocycles. The van der Waals surface area contributed by atoms with Gasteiger partial charge in [0, 0.05) is 0 Å². The molecule has 1 heterocycles. The smallest absolute Gasteiger partial charge is 0.326 e. The number of rotatable bonds is 5. The van der Waals surface area contributed by atoms with Gasteiger partial charge in [0.05, 0.1) is 10.9 Å². The summed E-state index contributed by atoms with van der Waals surface area (Å²) < 4.78 is 20.2. The summed E-state index contributed by atoms with van der Waals surface area (Å²) in [6.45, 7) is 7.50. The maximum absolute atomic E-state index is 13.0. The van der Waals surface area contributed by atoms with Crippen LogP contribution >= 0.6 is 0 Å². The number of carbonyl (C=O) groups is 1. The van der Waals surface area contributed by atoms with E-state index in [0.717, 1.165) is 11.1 Å². The van der Waals surface area contributed by atoms with Crippen molar-refractivity contribution in [3.63, 3.8) is 0 Å². The first-order chi connectivity index (χ1) is 12.8. The molecule has 4 nitrogen and oxygen atoms in total. The van der Waals surface area contributed by atoms with Crippen LogP contribution in [0.15, 0.2) is 65.6 Å². The van der Waals surface area contributed by atoms with Crippen molar-refractivity contribution in [1.29, 1.82) is 0 Å². The Labute approximate surface area is 163 Å². The van der Waals surface area contributed by atoms with E-state index in [9.17, 15) is 9.00 Å². The highest BCUT2D eigenvalue weighted by Gasteiger charge is 2.56. The molecule has 1 aliphatic heterocycles. The van der Waals surface area contributed by atoms with E-state index in [2.05, 4.69) is 0 Å². The Hall–Kier alpha value is -2.24. The summed E-state index contributed by atoms with van der Waals surface area (Å²) in [5.74, 6) is -0.342. The zero-order valence-electron chi connectivity index (χ0n) is 16.1. The van der Waals surface area contributed by atoms with Gasteiger partial charge < -0.3 is 4.74 Å². The van der Waals surface area contributed by atoms with Gasteiger partial charge in [-0.05, 0) is 45.4 Å². The number of ether oxygens (including phenoxy) is 1. The molecule has 1 fully saturated rings. The zero-order valence-corrected chi connectivity index (χ0v) is 16.9. The minimum Gasteiger partial charge on any atom is -0.459 e. The zero-order chi connectivity index (χ0) is 19.6. The third-order valence-corrected chi connectivity index (χ3v) is 5.68. The molecule has 5 heteroatoms. The lowest BCUT2D eigenvalue weighted by molar-refractivity contribution is -0.154. The SMILES string of the molecule is Cc1ccc(S(=O)N2[C@H](/C=C/c3ccccc3)[C@H]2C(=O)OC(C)(C)C)cc1. The summed E-state index contributed by atoms with van der Waals surface area (Å²) in [5.41, 5.74) is 1.56. The van der Waals surface area contributed by atoms with Gasteiger partial charge in [-0.2, -0.15) is 4.31 Å². The van der Waals surface area contributed by atoms with Crippen LogP contribution in [-0.4, -0.2) is 32.2 Å². The maximum atomic E-state index is 13.0. The number of carbonyl (C=O) groups excluding carboxylic acids is 1. The number of hydrogen-bond donors (Lipinski definition) is 0. The summed E-state index contributed by atoms with van der Waals surface area (Å²) in [4.78, 5) is 13.3. The summed E-state index contributed by atoms with van der Waals surface area (Å²) in [5, 5.41) is 0. The van der Waals surface area contributed by atoms with Gasteiger partial charge in [0.2, 0.25) is 0 Å². The molecule has 2 aromatic rings. The molecule has 2 aromatic carbocycles. The van der Waals surface area contributed by atoms with E-state index in [4.69, 9.17) is 4.74 Å². The van der Waals surface area contributed by atoms with Gasteiger partial charge in [-0.1, -0.05) is 60.2 Å². The van der Waals surface area contributed by atoms with Crippen LogP contribution < -0.4 is 0 Å². The third-order valence-electron chi connectivity index (χ3n) is 4.15. The maximum Gasteiger partial charge on any atom is 0.326 e. The second-order valence-electron chi connectivity index (χ2n) is 7.66. The van der Waals surface area contributed by atoms with Crippen molar-refractivity contribution in [3.8, 4) is 0 Å². The first-order valence-electron chi connectivity index (χ1n) is 8.99. The lowest BCUT2D eigenvalue weighted by Gasteiger charge is -2.19. The molecule has 0 aliphatic carbocycles. The van der Waals surface area contributed by atoms with E-state index < -0.39 is 22.6 Å². The molecule has 1 aliphatic rings. The lowest BCUT2D eigenvalue weighted by Crippen LogP contribution is -2.28. The Kier molecular flexibility index (Phi) is 5.63. The first-order valence-corrected chi connectivity index (χ1v) is 10.1. The van der Waals surface area contributed by atoms with E-state index in [1.807, 2.05) is 94.4 Å². The lowest BCUT2D eigenvalue weighted by atomic mass is 10.1. The van der Waals surface area contributed by atoms with Gasteiger partial charge in [0.15, 0.2) is 0 Å². The Morgan fingerprint density at radius 3 is 2.30 bits per heavy atom. The van der Waals surface area contributed by atoms with Gasteiger partial charge >= 0.3 is 5.97 Å². The molecule has 0 radical (unpaired) electrons. The number of nitrogens with zero attached hydrogens (tertiary/aromatic N) is 1. The molecule has 4 atom stereocenters. The molecule has 0 amide bonds. The van der Waals surface area contributed by atoms with Crippen LogP contribution in [0.1, 0.15) is 31.9 Å². The van der Waals surface area contributed by atoms with Crippen molar-refractivity contribution < 1.29 is 13.7 Å². The quantitative estimate of drug-likeness (QED) is 0.576. The minimum atomic E-state index is -1.42. The van der Waals surface area contributed by atoms with Crippen molar-refractivity contribution in [2.24, 2.45) is 0 Å². The molecule has 142 valence electrons. The third kappa shape index (κ3) is 4.93. The van der Waals surface area contributed by atoms with Crippen LogP contribution in [0, 0.1) is 6.92 Å². The highest BCUT2D eigenvalue weighted by molar-refractivity contribution is 7.83. The molecule has 0 spiro atoms. The standard InChI is InChI=1S/C22H25NO3S/c1-16-10-13-18(14-11-16)27(25)23-19(15-12-17-8-6-5-7-9-17)20(23)21(24)26-22(2,3)4/h5-15,19-20H,1-4H3/b15-12+/t19-,20+,23?,27?/m1/s1. The van der Waals surface area contributed by atoms with Crippen LogP contribution in [0.3, 0.4) is 0 Å². The predicted molar refractivity (Wildman–Crippen MR) is 108 cm³/mol. The highest BCUT2D eigenvalue weighted by Crippen LogP contribution is 2.36. The normalized spacial score (nSPS) is 23.2. The Morgan fingerprint density at radius 1 is 1.07 bits per heavy atom. The first kappa shape index (κ1) is 19.5. The topological polar surface area (TPSA) is 46.4 Å². The van der Waals surface area contributed by atoms with Gasteiger partial charge in [-0.25, -0.2) is 4.21 Å². The minimum absolute atomic E-state index is 0.248. The van der Waals surface area contributed by atoms with Gasteiger partial charge in [-0.15, -0.1) is 0 Å². The number of benzene rings is 2. The molecule has 2 unspecified atom stereocenters. The highest BCUT2D eigenvalue weighted by atomic mass is 32.2. The van der Waals surface area contributed by atoms with Crippen LogP contribution in [0.2, 0.25) is 0 Å². The molecule has 27 heavy (non-hydrogen) atoms. The average molecular weight is 384 g/mol. The van der Waals surface area contributed by atoms with Crippen molar-refractivity contribution >= 4 is 23.0 Å². The fraction of sp³-hybridized carbons (Fsp3) is 0.318. The monoisotopic (exact) mass is 383 g/mol. The molecule has 3 rings (SSSR count). The average Bonchev–Trinajstić information content (AvgIpc) is 3.34. The summed E-state index contributed by atoms with van der Waals surface area (Å²) in [7, 11) is -1.42. The van der Waals surface area contributed by atoms with Crippen LogP contribution in [0.25, 0.3) is 6.08 Å². The van der Waals surface area contributed by atoms with Crippen molar-refractivity contribution in [1.82, 2.24) is 4.31 Å². The van der Waals surface area contributed by atoms with E-state index in [1.54, 1.807) is 4.31 Å². The molecule has 0 bridgehead atoms. The van der Waals surface area contributed by atoms with E-state index in [-0.39, 0.29) is 12.0 Å². The molecule has 0 N–H and O–H groups in total. The fourth-order valence-electron chi connectivity index (χ4n) is 2.79. The summed E-state index contributed by atoms with van der Waals surface area (Å²) >= 11 is 0. The second kappa shape index (κ2) is 7.79. The molecular formula is C22H25NO3S. The summed E-state index contributed by atoms with van der Waals surface area (Å²) in [6, 6.07) is 16.6. The van der Waals surface area contributed by atoms with E-state index >= 15 is 0 Å². The van der Waals surface area contributed by atoms with E-state index in [0.29, 0.717) is 4.90 Å². The van der Waals surface area contributed by atoms with Crippen LogP contribution in [0.5, 0.6) is 0 Å². The predicted octanol–water partition coefficient (Wildman–Crippen LogP) is 4.13. The largest absolute Gasteiger partial charge is 0.459 e. The van der Waals surface area contributed by atoms with Crippen molar-refractivity contribution in [3.05, 3.63) is 71.8 Å². The fourth-order valence-corrected chi connectivity index (χ4v) is 4.17. The Bertz CT molecular complexity index is 853. The summed E-state index contributed by atoms with van der Waals surface area (Å²) in [6.07, 6.45) is 3.88. The van der Waals surface area contributed by atoms with Crippen LogP contribution in [-0.2, 0) is 20.5 Å². The van der Waals surface area contributed by atoms with Gasteiger partial charge in [0.1, 0.15) is 22.6 Å². The molecule has 0 aromatic heterocycles. The van der Waals surface area contributed by atoms with Gasteiger partial charge in [0.25, 0.3) is 0 Å².